The highest BCUT2D eigenvalue weighted by Gasteiger charge is 2.29. The van der Waals surface area contributed by atoms with Crippen molar-refractivity contribution in [3.8, 4) is 0 Å². The van der Waals surface area contributed by atoms with Gasteiger partial charge in [0.15, 0.2) is 0 Å². The Hall–Kier alpha value is -1.90. The third-order valence-corrected chi connectivity index (χ3v) is 3.93. The van der Waals surface area contributed by atoms with Crippen molar-refractivity contribution in [1.29, 1.82) is 0 Å². The van der Waals surface area contributed by atoms with Crippen LogP contribution in [0.25, 0.3) is 0 Å². The minimum atomic E-state index is -0.330. The maximum absolute atomic E-state index is 12.0. The lowest BCUT2D eigenvalue weighted by molar-refractivity contribution is -0.115. The monoisotopic (exact) mass is 294 g/mol. The average Bonchev–Trinajstić information content (AvgIpc) is 3.03. The van der Waals surface area contributed by atoms with Crippen LogP contribution in [0, 0.1) is 6.92 Å². The summed E-state index contributed by atoms with van der Waals surface area (Å²) in [6.07, 6.45) is 2.19. The topological polar surface area (TPSA) is 98.7 Å². The van der Waals surface area contributed by atoms with E-state index in [1.807, 2.05) is 0 Å². The van der Waals surface area contributed by atoms with Gasteiger partial charge in [-0.25, -0.2) is 4.68 Å². The zero-order valence-electron chi connectivity index (χ0n) is 11.1. The van der Waals surface area contributed by atoms with Crippen molar-refractivity contribution in [2.24, 2.45) is 0 Å². The third kappa shape index (κ3) is 2.82. The van der Waals surface area contributed by atoms with Gasteiger partial charge >= 0.3 is 0 Å². The summed E-state index contributed by atoms with van der Waals surface area (Å²) in [5.41, 5.74) is 0.721. The fourth-order valence-corrected chi connectivity index (χ4v) is 2.53. The molecule has 1 atom stereocenters. The quantitative estimate of drug-likeness (QED) is 0.832. The molecule has 0 spiro atoms. The summed E-state index contributed by atoms with van der Waals surface area (Å²) >= 11 is 1.33. The standard InChI is InChI=1S/C11H14N6O2S/c1-6-5-9(19-14-6)12-10(18)7(2)20-11-13-15-16-17(11)8-3-4-8/h5,7-8H,3-4H2,1-2H3,(H,12,18)/t7-/m0/s1. The molecule has 2 aromatic heterocycles. The number of thioether (sulfide) groups is 1. The fourth-order valence-electron chi connectivity index (χ4n) is 1.67. The number of tetrazole rings is 1. The Bertz CT molecular complexity index is 620. The minimum Gasteiger partial charge on any atom is -0.338 e. The Morgan fingerprint density at radius 1 is 1.60 bits per heavy atom. The molecule has 1 fully saturated rings. The van der Waals surface area contributed by atoms with E-state index in [9.17, 15) is 4.79 Å². The Balaban J connectivity index is 1.61. The number of hydrogen-bond acceptors (Lipinski definition) is 7. The Kier molecular flexibility index (Phi) is 3.43. The van der Waals surface area contributed by atoms with Crippen LogP contribution in [0.15, 0.2) is 15.7 Å². The van der Waals surface area contributed by atoms with E-state index in [4.69, 9.17) is 4.52 Å². The normalized spacial score (nSPS) is 16.1. The largest absolute Gasteiger partial charge is 0.338 e. The Morgan fingerprint density at radius 2 is 2.40 bits per heavy atom. The van der Waals surface area contributed by atoms with E-state index >= 15 is 0 Å². The summed E-state index contributed by atoms with van der Waals surface area (Å²) < 4.78 is 6.74. The SMILES string of the molecule is Cc1cc(NC(=O)[C@H](C)Sc2nnnn2C2CC2)on1. The van der Waals surface area contributed by atoms with Crippen LogP contribution in [0.5, 0.6) is 0 Å². The van der Waals surface area contributed by atoms with Crippen LogP contribution in [0.3, 0.4) is 0 Å². The molecule has 2 heterocycles. The first kappa shape index (κ1) is 13.1. The van der Waals surface area contributed by atoms with Crippen molar-refractivity contribution in [3.63, 3.8) is 0 Å². The lowest BCUT2D eigenvalue weighted by Crippen LogP contribution is -2.22. The van der Waals surface area contributed by atoms with E-state index < -0.39 is 0 Å². The van der Waals surface area contributed by atoms with Crippen molar-refractivity contribution in [1.82, 2.24) is 25.4 Å². The van der Waals surface area contributed by atoms with E-state index in [1.165, 1.54) is 11.8 Å². The number of carbonyl (C=O) groups is 1. The number of amides is 1. The lowest BCUT2D eigenvalue weighted by atomic mass is 10.4. The summed E-state index contributed by atoms with van der Waals surface area (Å²) in [5.74, 6) is 0.179. The van der Waals surface area contributed by atoms with E-state index in [-0.39, 0.29) is 11.2 Å². The maximum atomic E-state index is 12.0. The molecule has 1 aliphatic carbocycles. The molecule has 0 saturated heterocycles. The molecule has 0 unspecified atom stereocenters. The van der Waals surface area contributed by atoms with Crippen LogP contribution in [0.4, 0.5) is 5.88 Å². The zero-order chi connectivity index (χ0) is 14.1. The van der Waals surface area contributed by atoms with Crippen molar-refractivity contribution in [2.45, 2.75) is 43.1 Å². The summed E-state index contributed by atoms with van der Waals surface area (Å²) in [6.45, 7) is 3.59. The zero-order valence-corrected chi connectivity index (χ0v) is 11.9. The van der Waals surface area contributed by atoms with Crippen LogP contribution >= 0.6 is 11.8 Å². The molecule has 0 radical (unpaired) electrons. The van der Waals surface area contributed by atoms with Crippen LogP contribution in [0.2, 0.25) is 0 Å². The Morgan fingerprint density at radius 3 is 3.05 bits per heavy atom. The van der Waals surface area contributed by atoms with Crippen LogP contribution in [-0.4, -0.2) is 36.5 Å². The van der Waals surface area contributed by atoms with Gasteiger partial charge in [-0.05, 0) is 37.1 Å². The van der Waals surface area contributed by atoms with Crippen LogP contribution in [-0.2, 0) is 4.79 Å². The van der Waals surface area contributed by atoms with Gasteiger partial charge < -0.3 is 4.52 Å². The van der Waals surface area contributed by atoms with Gasteiger partial charge in [0.1, 0.15) is 0 Å². The molecule has 1 aliphatic rings. The summed E-state index contributed by atoms with van der Waals surface area (Å²) in [6, 6.07) is 2.06. The molecule has 1 N–H and O–H groups in total. The fraction of sp³-hybridized carbons (Fsp3) is 0.545. The molecular weight excluding hydrogens is 280 g/mol. The van der Waals surface area contributed by atoms with Crippen molar-refractivity contribution >= 4 is 23.6 Å². The molecule has 1 amide bonds. The summed E-state index contributed by atoms with van der Waals surface area (Å²) in [5, 5.41) is 18.3. The van der Waals surface area contributed by atoms with Crippen molar-refractivity contribution in [3.05, 3.63) is 11.8 Å². The second-order valence-electron chi connectivity index (χ2n) is 4.72. The first-order chi connectivity index (χ1) is 9.63. The smallest absolute Gasteiger partial charge is 0.240 e. The van der Waals surface area contributed by atoms with Gasteiger partial charge in [-0.1, -0.05) is 16.9 Å². The van der Waals surface area contributed by atoms with Gasteiger partial charge in [0.25, 0.3) is 0 Å². The molecule has 0 bridgehead atoms. The predicted molar refractivity (Wildman–Crippen MR) is 71.3 cm³/mol. The molecule has 8 nitrogen and oxygen atoms in total. The molecule has 1 saturated carbocycles. The van der Waals surface area contributed by atoms with Gasteiger partial charge in [0, 0.05) is 6.07 Å². The average molecular weight is 294 g/mol. The summed E-state index contributed by atoms with van der Waals surface area (Å²) in [4.78, 5) is 12.0. The number of nitrogens with one attached hydrogen (secondary N) is 1. The van der Waals surface area contributed by atoms with Crippen molar-refractivity contribution < 1.29 is 9.32 Å². The lowest BCUT2D eigenvalue weighted by Gasteiger charge is -2.09. The van der Waals surface area contributed by atoms with Gasteiger partial charge in [0.05, 0.1) is 17.0 Å². The minimum absolute atomic E-state index is 0.170. The second kappa shape index (κ2) is 5.23. The number of carbonyl (C=O) groups excluding carboxylic acids is 1. The van der Waals surface area contributed by atoms with Gasteiger partial charge in [-0.3, -0.25) is 10.1 Å². The number of aromatic nitrogens is 5. The predicted octanol–water partition coefficient (Wildman–Crippen LogP) is 1.42. The number of aryl methyl sites for hydroxylation is 1. The molecule has 9 heteroatoms. The van der Waals surface area contributed by atoms with E-state index in [0.717, 1.165) is 18.5 Å². The Labute approximate surface area is 119 Å². The number of anilines is 1. The van der Waals surface area contributed by atoms with Gasteiger partial charge in [0.2, 0.25) is 16.9 Å². The molecular formula is C11H14N6O2S. The number of nitrogens with zero attached hydrogens (tertiary/aromatic N) is 5. The van der Waals surface area contributed by atoms with Crippen molar-refractivity contribution in [2.75, 3.05) is 5.32 Å². The van der Waals surface area contributed by atoms with E-state index in [0.29, 0.717) is 17.1 Å². The highest BCUT2D eigenvalue weighted by atomic mass is 32.2. The van der Waals surface area contributed by atoms with Gasteiger partial charge in [-0.15, -0.1) is 5.10 Å². The molecule has 0 aromatic carbocycles. The van der Waals surface area contributed by atoms with Crippen LogP contribution in [0.1, 0.15) is 31.5 Å². The van der Waals surface area contributed by atoms with E-state index in [2.05, 4.69) is 26.0 Å². The molecule has 20 heavy (non-hydrogen) atoms. The maximum Gasteiger partial charge on any atom is 0.240 e. The molecule has 2 aromatic rings. The molecule has 3 rings (SSSR count). The second-order valence-corrected chi connectivity index (χ2v) is 6.03. The third-order valence-electron chi connectivity index (χ3n) is 2.88. The van der Waals surface area contributed by atoms with E-state index in [1.54, 1.807) is 24.6 Å². The number of hydrogen-bond donors (Lipinski definition) is 1. The molecule has 0 aliphatic heterocycles. The first-order valence-corrected chi connectivity index (χ1v) is 7.20. The highest BCUT2D eigenvalue weighted by molar-refractivity contribution is 8.00. The highest BCUT2D eigenvalue weighted by Crippen LogP contribution is 2.37. The number of rotatable bonds is 5. The molecule has 106 valence electrons. The van der Waals surface area contributed by atoms with Crippen LogP contribution < -0.4 is 5.32 Å². The first-order valence-electron chi connectivity index (χ1n) is 6.32. The van der Waals surface area contributed by atoms with Gasteiger partial charge in [-0.2, -0.15) is 0 Å². The summed E-state index contributed by atoms with van der Waals surface area (Å²) in [7, 11) is 0.